The van der Waals surface area contributed by atoms with Gasteiger partial charge in [-0.25, -0.2) is 0 Å². The molecule has 1 saturated heterocycles. The van der Waals surface area contributed by atoms with Gasteiger partial charge in [0.25, 0.3) is 5.91 Å². The zero-order valence-electron chi connectivity index (χ0n) is 14.5. The van der Waals surface area contributed by atoms with E-state index in [9.17, 15) is 4.79 Å². The Bertz CT molecular complexity index is 780. The number of likely N-dealkylation sites (tertiary alicyclic amines) is 1. The van der Waals surface area contributed by atoms with Crippen molar-refractivity contribution in [2.24, 2.45) is 5.73 Å². The number of benzene rings is 1. The molecule has 2 aromatic rings. The smallest absolute Gasteiger partial charge is 0.264 e. The largest absolute Gasteiger partial charge is 0.486 e. The first-order valence-corrected chi connectivity index (χ1v) is 9.59. The molecule has 1 fully saturated rings. The van der Waals surface area contributed by atoms with Crippen LogP contribution in [-0.4, -0.2) is 43.2 Å². The lowest BCUT2D eigenvalue weighted by Gasteiger charge is -2.34. The predicted octanol–water partition coefficient (Wildman–Crippen LogP) is 3.56. The highest BCUT2D eigenvalue weighted by atomic mass is 35.5. The fraction of sp³-hybridized carbons (Fsp3) is 0.421. The molecule has 0 radical (unpaired) electrons. The van der Waals surface area contributed by atoms with Crippen LogP contribution in [0.25, 0.3) is 10.4 Å². The molecule has 2 N–H and O–H groups in total. The number of rotatable bonds is 3. The van der Waals surface area contributed by atoms with Gasteiger partial charge < -0.3 is 20.1 Å². The first-order chi connectivity index (χ1) is 12.3. The Labute approximate surface area is 163 Å². The highest BCUT2D eigenvalue weighted by Gasteiger charge is 2.27. The van der Waals surface area contributed by atoms with Gasteiger partial charge in [-0.15, -0.1) is 23.7 Å². The lowest BCUT2D eigenvalue weighted by molar-refractivity contribution is 0.0628. The van der Waals surface area contributed by atoms with E-state index in [-0.39, 0.29) is 24.4 Å². The number of hydrogen-bond donors (Lipinski definition) is 1. The van der Waals surface area contributed by atoms with Crippen LogP contribution in [0.15, 0.2) is 30.3 Å². The zero-order valence-corrected chi connectivity index (χ0v) is 16.1. The molecule has 1 atom stereocenters. The number of thiophene rings is 1. The van der Waals surface area contributed by atoms with Crippen molar-refractivity contribution in [1.82, 2.24) is 4.90 Å². The fourth-order valence-electron chi connectivity index (χ4n) is 3.46. The molecule has 0 spiro atoms. The number of hydrogen-bond acceptors (Lipinski definition) is 5. The van der Waals surface area contributed by atoms with Crippen LogP contribution in [0.1, 0.15) is 28.9 Å². The molecule has 1 amide bonds. The summed E-state index contributed by atoms with van der Waals surface area (Å²) in [6.45, 7) is 2.49. The Morgan fingerprint density at radius 2 is 1.96 bits per heavy atom. The molecule has 1 aromatic heterocycles. The molecule has 7 heteroatoms. The molecule has 0 bridgehead atoms. The minimum Gasteiger partial charge on any atom is -0.486 e. The van der Waals surface area contributed by atoms with Crippen molar-refractivity contribution >= 4 is 29.7 Å². The van der Waals surface area contributed by atoms with Gasteiger partial charge >= 0.3 is 0 Å². The third kappa shape index (κ3) is 3.68. The van der Waals surface area contributed by atoms with Gasteiger partial charge in [0.05, 0.1) is 4.88 Å². The molecule has 1 aromatic carbocycles. The Hall–Kier alpha value is -1.76. The number of ether oxygens (including phenoxy) is 2. The highest BCUT2D eigenvalue weighted by Crippen LogP contribution is 2.37. The summed E-state index contributed by atoms with van der Waals surface area (Å²) >= 11 is 1.52. The van der Waals surface area contributed by atoms with Crippen LogP contribution in [0.5, 0.6) is 11.5 Å². The van der Waals surface area contributed by atoms with E-state index in [1.54, 1.807) is 0 Å². The Morgan fingerprint density at radius 3 is 2.77 bits per heavy atom. The minimum absolute atomic E-state index is 0. The lowest BCUT2D eigenvalue weighted by atomic mass is 10.0. The monoisotopic (exact) mass is 394 g/mol. The molecule has 2 aliphatic rings. The van der Waals surface area contributed by atoms with E-state index >= 15 is 0 Å². The van der Waals surface area contributed by atoms with E-state index in [0.29, 0.717) is 19.8 Å². The first-order valence-electron chi connectivity index (χ1n) is 8.77. The molecule has 26 heavy (non-hydrogen) atoms. The molecule has 2 aliphatic heterocycles. The van der Waals surface area contributed by atoms with Crippen LogP contribution < -0.4 is 15.2 Å². The predicted molar refractivity (Wildman–Crippen MR) is 106 cm³/mol. The average Bonchev–Trinajstić information content (AvgIpc) is 3.17. The lowest BCUT2D eigenvalue weighted by Crippen LogP contribution is -2.47. The van der Waals surface area contributed by atoms with Crippen molar-refractivity contribution in [3.8, 4) is 21.9 Å². The molecule has 0 saturated carbocycles. The normalized spacial score (nSPS) is 19.0. The number of fused-ring (bicyclic) bond motifs is 1. The second-order valence-corrected chi connectivity index (χ2v) is 7.49. The molecule has 4 rings (SSSR count). The minimum atomic E-state index is 0. The van der Waals surface area contributed by atoms with Crippen molar-refractivity contribution in [3.05, 3.63) is 35.2 Å². The van der Waals surface area contributed by atoms with Crippen LogP contribution in [0, 0.1) is 0 Å². The number of carbonyl (C=O) groups excluding carboxylic acids is 1. The van der Waals surface area contributed by atoms with E-state index < -0.39 is 0 Å². The van der Waals surface area contributed by atoms with Gasteiger partial charge in [-0.3, -0.25) is 4.79 Å². The summed E-state index contributed by atoms with van der Waals surface area (Å²) in [5.74, 6) is 1.65. The van der Waals surface area contributed by atoms with E-state index in [1.165, 1.54) is 11.3 Å². The third-order valence-corrected chi connectivity index (χ3v) is 5.93. The van der Waals surface area contributed by atoms with Crippen molar-refractivity contribution in [1.29, 1.82) is 0 Å². The highest BCUT2D eigenvalue weighted by molar-refractivity contribution is 7.17. The van der Waals surface area contributed by atoms with E-state index in [2.05, 4.69) is 0 Å². The van der Waals surface area contributed by atoms with Gasteiger partial charge in [0.15, 0.2) is 11.5 Å². The quantitative estimate of drug-likeness (QED) is 0.864. The molecule has 140 valence electrons. The third-order valence-electron chi connectivity index (χ3n) is 4.80. The van der Waals surface area contributed by atoms with Crippen LogP contribution in [0.3, 0.4) is 0 Å². The average molecular weight is 395 g/mol. The number of piperidine rings is 1. The number of carbonyl (C=O) groups is 1. The van der Waals surface area contributed by atoms with Crippen LogP contribution >= 0.6 is 23.7 Å². The maximum Gasteiger partial charge on any atom is 0.264 e. The van der Waals surface area contributed by atoms with Crippen molar-refractivity contribution < 1.29 is 14.3 Å². The number of halogens is 1. The molecular weight excluding hydrogens is 372 g/mol. The second kappa shape index (κ2) is 8.29. The van der Waals surface area contributed by atoms with Crippen molar-refractivity contribution in [2.75, 3.05) is 26.3 Å². The van der Waals surface area contributed by atoms with E-state index in [0.717, 1.165) is 52.6 Å². The molecule has 3 heterocycles. The maximum atomic E-state index is 12.9. The number of nitrogens with zero attached hydrogens (tertiary/aromatic N) is 1. The fourth-order valence-corrected chi connectivity index (χ4v) is 4.42. The van der Waals surface area contributed by atoms with E-state index in [1.807, 2.05) is 35.2 Å². The Morgan fingerprint density at radius 1 is 1.15 bits per heavy atom. The molecule has 1 unspecified atom stereocenters. The number of amides is 1. The summed E-state index contributed by atoms with van der Waals surface area (Å²) in [5, 5.41) is 0. The van der Waals surface area contributed by atoms with Gasteiger partial charge in [0.1, 0.15) is 13.2 Å². The summed E-state index contributed by atoms with van der Waals surface area (Å²) in [4.78, 5) is 16.7. The molecule has 5 nitrogen and oxygen atoms in total. The maximum absolute atomic E-state index is 12.9. The SMILES string of the molecule is Cl.NCC1CCCCN1C(=O)c1ccc(-c2ccc3c(c2)OCCO3)s1. The van der Waals surface area contributed by atoms with Gasteiger partial charge in [-0.05, 0) is 55.2 Å². The summed E-state index contributed by atoms with van der Waals surface area (Å²) < 4.78 is 11.2. The van der Waals surface area contributed by atoms with Crippen LogP contribution in [0.2, 0.25) is 0 Å². The standard InChI is InChI=1S/C19H22N2O3S.ClH/c20-12-14-3-1-2-8-21(14)19(22)18-7-6-17(25-18)13-4-5-15-16(11-13)24-10-9-23-15;/h4-7,11,14H,1-3,8-10,12,20H2;1H. The first kappa shape index (κ1) is 19.0. The van der Waals surface area contributed by atoms with Crippen molar-refractivity contribution in [2.45, 2.75) is 25.3 Å². The van der Waals surface area contributed by atoms with Crippen LogP contribution in [0.4, 0.5) is 0 Å². The second-order valence-electron chi connectivity index (χ2n) is 6.41. The summed E-state index contributed by atoms with van der Waals surface area (Å²) in [6.07, 6.45) is 3.21. The summed E-state index contributed by atoms with van der Waals surface area (Å²) in [7, 11) is 0. The Kier molecular flexibility index (Phi) is 6.06. The van der Waals surface area contributed by atoms with Crippen LogP contribution in [-0.2, 0) is 0 Å². The van der Waals surface area contributed by atoms with Crippen molar-refractivity contribution in [3.63, 3.8) is 0 Å². The van der Waals surface area contributed by atoms with Gasteiger partial charge in [-0.2, -0.15) is 0 Å². The summed E-state index contributed by atoms with van der Waals surface area (Å²) in [6, 6.07) is 10.0. The Balaban J connectivity index is 0.00000196. The zero-order chi connectivity index (χ0) is 17.2. The van der Waals surface area contributed by atoms with E-state index in [4.69, 9.17) is 15.2 Å². The topological polar surface area (TPSA) is 64.8 Å². The summed E-state index contributed by atoms with van der Waals surface area (Å²) in [5.41, 5.74) is 6.90. The number of nitrogens with two attached hydrogens (primary N) is 1. The van der Waals surface area contributed by atoms with Gasteiger partial charge in [0.2, 0.25) is 0 Å². The molecular formula is C19H23ClN2O3S. The molecule has 0 aliphatic carbocycles. The van der Waals surface area contributed by atoms with Gasteiger partial charge in [0, 0.05) is 24.0 Å². The van der Waals surface area contributed by atoms with Gasteiger partial charge in [-0.1, -0.05) is 0 Å².